The maximum atomic E-state index is 12.9. The Kier molecular flexibility index (Phi) is 6.85. The minimum atomic E-state index is -0.471. The summed E-state index contributed by atoms with van der Waals surface area (Å²) in [4.78, 5) is 27.5. The van der Waals surface area contributed by atoms with Gasteiger partial charge in [0.2, 0.25) is 11.8 Å². The van der Waals surface area contributed by atoms with Gasteiger partial charge in [0.25, 0.3) is 0 Å². The third kappa shape index (κ3) is 4.93. The van der Waals surface area contributed by atoms with Crippen LogP contribution in [0.2, 0.25) is 10.0 Å². The minimum absolute atomic E-state index is 0.00152. The molecule has 1 saturated heterocycles. The largest absolute Gasteiger partial charge is 0.331 e. The molecule has 1 aromatic heterocycles. The van der Waals surface area contributed by atoms with Gasteiger partial charge in [0, 0.05) is 31.4 Å². The van der Waals surface area contributed by atoms with E-state index in [1.807, 2.05) is 25.6 Å². The van der Waals surface area contributed by atoms with Gasteiger partial charge in [-0.25, -0.2) is 0 Å². The SMILES string of the molecule is Cc1nn(C)c(C)c1CCC(=O)N1CCCCC1C(=O)Nc1ccc(Cl)c(Cl)c1. The fraction of sp³-hybridized carbons (Fsp3) is 0.476. The quantitative estimate of drug-likeness (QED) is 0.759. The van der Waals surface area contributed by atoms with Gasteiger partial charge in [0.15, 0.2) is 0 Å². The fourth-order valence-electron chi connectivity index (χ4n) is 3.86. The van der Waals surface area contributed by atoms with E-state index >= 15 is 0 Å². The number of likely N-dealkylation sites (tertiary alicyclic amines) is 1. The van der Waals surface area contributed by atoms with Crippen LogP contribution < -0.4 is 5.32 Å². The van der Waals surface area contributed by atoms with Crippen LogP contribution in [-0.2, 0) is 23.1 Å². The lowest BCUT2D eigenvalue weighted by Crippen LogP contribution is -2.50. The van der Waals surface area contributed by atoms with Crippen LogP contribution in [0.25, 0.3) is 0 Å². The van der Waals surface area contributed by atoms with Crippen molar-refractivity contribution in [1.29, 1.82) is 0 Å². The van der Waals surface area contributed by atoms with Gasteiger partial charge in [-0.3, -0.25) is 14.3 Å². The number of hydrogen-bond donors (Lipinski definition) is 1. The number of piperidine rings is 1. The molecule has 6 nitrogen and oxygen atoms in total. The van der Waals surface area contributed by atoms with E-state index in [1.165, 1.54) is 0 Å². The molecule has 156 valence electrons. The predicted octanol–water partition coefficient (Wildman–Crippen LogP) is 4.30. The Balaban J connectivity index is 1.67. The summed E-state index contributed by atoms with van der Waals surface area (Å²) in [7, 11) is 1.90. The number of aromatic nitrogens is 2. The molecule has 1 aromatic carbocycles. The highest BCUT2D eigenvalue weighted by Crippen LogP contribution is 2.26. The van der Waals surface area contributed by atoms with Crippen molar-refractivity contribution in [1.82, 2.24) is 14.7 Å². The first kappa shape index (κ1) is 21.7. The molecule has 0 spiro atoms. The zero-order valence-corrected chi connectivity index (χ0v) is 18.5. The molecule has 1 N–H and O–H groups in total. The van der Waals surface area contributed by atoms with Crippen molar-refractivity contribution in [2.75, 3.05) is 11.9 Å². The highest BCUT2D eigenvalue weighted by atomic mass is 35.5. The molecule has 0 bridgehead atoms. The number of carbonyl (C=O) groups excluding carboxylic acids is 2. The lowest BCUT2D eigenvalue weighted by atomic mass is 9.99. The van der Waals surface area contributed by atoms with Crippen LogP contribution >= 0.6 is 23.2 Å². The van der Waals surface area contributed by atoms with Crippen LogP contribution in [0.1, 0.15) is 42.6 Å². The zero-order valence-electron chi connectivity index (χ0n) is 17.0. The van der Waals surface area contributed by atoms with E-state index in [9.17, 15) is 9.59 Å². The number of carbonyl (C=O) groups is 2. The Bertz CT molecular complexity index is 926. The Hall–Kier alpha value is -2.05. The van der Waals surface area contributed by atoms with Crippen molar-refractivity contribution in [3.05, 3.63) is 45.2 Å². The average molecular weight is 437 g/mol. The standard InChI is InChI=1S/C21H26Cl2N4O2/c1-13-16(14(2)26(3)25-13)8-10-20(28)27-11-5-4-6-19(27)21(29)24-15-7-9-17(22)18(23)12-15/h7,9,12,19H,4-6,8,10-11H2,1-3H3,(H,24,29). The maximum Gasteiger partial charge on any atom is 0.247 e. The van der Waals surface area contributed by atoms with Crippen molar-refractivity contribution in [3.63, 3.8) is 0 Å². The average Bonchev–Trinajstić information content (AvgIpc) is 2.94. The summed E-state index contributed by atoms with van der Waals surface area (Å²) in [6.45, 7) is 4.57. The Morgan fingerprint density at radius 1 is 1.21 bits per heavy atom. The highest BCUT2D eigenvalue weighted by molar-refractivity contribution is 6.42. The van der Waals surface area contributed by atoms with E-state index in [0.717, 1.165) is 29.8 Å². The van der Waals surface area contributed by atoms with E-state index < -0.39 is 6.04 Å². The molecule has 1 aliphatic rings. The Morgan fingerprint density at radius 2 is 1.97 bits per heavy atom. The second-order valence-electron chi connectivity index (χ2n) is 7.49. The van der Waals surface area contributed by atoms with E-state index in [1.54, 1.807) is 23.1 Å². The molecule has 2 aromatic rings. The fourth-order valence-corrected chi connectivity index (χ4v) is 4.16. The van der Waals surface area contributed by atoms with Gasteiger partial charge < -0.3 is 10.2 Å². The molecule has 1 aliphatic heterocycles. The molecule has 1 fully saturated rings. The molecule has 8 heteroatoms. The van der Waals surface area contributed by atoms with Crippen molar-refractivity contribution in [3.8, 4) is 0 Å². The smallest absolute Gasteiger partial charge is 0.247 e. The second-order valence-corrected chi connectivity index (χ2v) is 8.30. The van der Waals surface area contributed by atoms with Crippen LogP contribution in [0.4, 0.5) is 5.69 Å². The van der Waals surface area contributed by atoms with Gasteiger partial charge in [-0.1, -0.05) is 23.2 Å². The molecule has 3 rings (SSSR count). The Labute approximate surface area is 181 Å². The zero-order chi connectivity index (χ0) is 21.1. The minimum Gasteiger partial charge on any atom is -0.331 e. The highest BCUT2D eigenvalue weighted by Gasteiger charge is 2.32. The number of nitrogens with zero attached hydrogens (tertiary/aromatic N) is 3. The molecule has 1 unspecified atom stereocenters. The molecule has 0 saturated carbocycles. The van der Waals surface area contributed by atoms with Crippen molar-refractivity contribution < 1.29 is 9.59 Å². The first-order chi connectivity index (χ1) is 13.8. The summed E-state index contributed by atoms with van der Waals surface area (Å²) in [6.07, 6.45) is 3.48. The van der Waals surface area contributed by atoms with Crippen LogP contribution in [0.3, 0.4) is 0 Å². The van der Waals surface area contributed by atoms with Crippen LogP contribution in [-0.4, -0.2) is 39.1 Å². The molecule has 0 radical (unpaired) electrons. The summed E-state index contributed by atoms with van der Waals surface area (Å²) >= 11 is 12.0. The number of benzene rings is 1. The van der Waals surface area contributed by atoms with Gasteiger partial charge in [0.05, 0.1) is 15.7 Å². The number of hydrogen-bond acceptors (Lipinski definition) is 3. The molecule has 29 heavy (non-hydrogen) atoms. The van der Waals surface area contributed by atoms with Crippen molar-refractivity contribution >= 4 is 40.7 Å². The van der Waals surface area contributed by atoms with E-state index in [0.29, 0.717) is 41.5 Å². The number of amides is 2. The lowest BCUT2D eigenvalue weighted by molar-refractivity contribution is -0.140. The summed E-state index contributed by atoms with van der Waals surface area (Å²) in [5, 5.41) is 8.09. The molecule has 1 atom stereocenters. The summed E-state index contributed by atoms with van der Waals surface area (Å²) in [5.41, 5.74) is 3.70. The molecular formula is C21H26Cl2N4O2. The van der Waals surface area contributed by atoms with Crippen molar-refractivity contribution in [2.45, 2.75) is 52.0 Å². The summed E-state index contributed by atoms with van der Waals surface area (Å²) in [6, 6.07) is 4.49. The molecule has 2 heterocycles. The molecule has 0 aliphatic carbocycles. The van der Waals surface area contributed by atoms with Gasteiger partial charge in [-0.05, 0) is 63.3 Å². The van der Waals surface area contributed by atoms with Crippen LogP contribution in [0.15, 0.2) is 18.2 Å². The molecular weight excluding hydrogens is 411 g/mol. The van der Waals surface area contributed by atoms with E-state index in [4.69, 9.17) is 23.2 Å². The third-order valence-corrected chi connectivity index (χ3v) is 6.30. The van der Waals surface area contributed by atoms with Crippen LogP contribution in [0, 0.1) is 13.8 Å². The van der Waals surface area contributed by atoms with Crippen LogP contribution in [0.5, 0.6) is 0 Å². The first-order valence-corrected chi connectivity index (χ1v) is 10.6. The van der Waals surface area contributed by atoms with Gasteiger partial charge in [-0.2, -0.15) is 5.10 Å². The lowest BCUT2D eigenvalue weighted by Gasteiger charge is -2.35. The summed E-state index contributed by atoms with van der Waals surface area (Å²) < 4.78 is 1.84. The predicted molar refractivity (Wildman–Crippen MR) is 115 cm³/mol. The van der Waals surface area contributed by atoms with E-state index in [-0.39, 0.29) is 11.8 Å². The maximum absolute atomic E-state index is 12.9. The first-order valence-electron chi connectivity index (χ1n) is 9.82. The monoisotopic (exact) mass is 436 g/mol. The normalized spacial score (nSPS) is 16.7. The second kappa shape index (κ2) is 9.18. The van der Waals surface area contributed by atoms with Gasteiger partial charge in [-0.15, -0.1) is 0 Å². The van der Waals surface area contributed by atoms with Gasteiger partial charge in [0.1, 0.15) is 6.04 Å². The number of anilines is 1. The Morgan fingerprint density at radius 3 is 2.62 bits per heavy atom. The number of aryl methyl sites for hydroxylation is 2. The number of nitrogens with one attached hydrogen (secondary N) is 1. The third-order valence-electron chi connectivity index (χ3n) is 5.56. The van der Waals surface area contributed by atoms with E-state index in [2.05, 4.69) is 10.4 Å². The molecule has 2 amide bonds. The topological polar surface area (TPSA) is 67.2 Å². The van der Waals surface area contributed by atoms with Gasteiger partial charge >= 0.3 is 0 Å². The number of rotatable bonds is 5. The van der Waals surface area contributed by atoms with Crippen molar-refractivity contribution in [2.24, 2.45) is 7.05 Å². The summed E-state index contributed by atoms with van der Waals surface area (Å²) in [5.74, 6) is -0.188. The number of halogens is 2.